The van der Waals surface area contributed by atoms with Gasteiger partial charge in [-0.3, -0.25) is 14.9 Å². The summed E-state index contributed by atoms with van der Waals surface area (Å²) in [6, 6.07) is 16.5. The highest BCUT2D eigenvalue weighted by Gasteiger charge is 2.37. The second-order valence-corrected chi connectivity index (χ2v) is 7.80. The van der Waals surface area contributed by atoms with Crippen LogP contribution in [0.3, 0.4) is 0 Å². The van der Waals surface area contributed by atoms with Crippen LogP contribution in [0, 0.1) is 27.7 Å². The molecule has 1 saturated heterocycles. The van der Waals surface area contributed by atoms with E-state index in [4.69, 9.17) is 0 Å². The van der Waals surface area contributed by atoms with E-state index in [-0.39, 0.29) is 5.57 Å². The van der Waals surface area contributed by atoms with E-state index >= 15 is 0 Å². The third-order valence-electron chi connectivity index (χ3n) is 5.35. The zero-order chi connectivity index (χ0) is 22.3. The van der Waals surface area contributed by atoms with Crippen LogP contribution in [0.4, 0.5) is 10.5 Å². The van der Waals surface area contributed by atoms with E-state index in [9.17, 15) is 14.4 Å². The van der Waals surface area contributed by atoms with Gasteiger partial charge in [0.05, 0.1) is 5.69 Å². The van der Waals surface area contributed by atoms with E-state index in [0.717, 1.165) is 38.7 Å². The van der Waals surface area contributed by atoms with Crippen LogP contribution in [0.25, 0.3) is 11.8 Å². The summed E-state index contributed by atoms with van der Waals surface area (Å²) in [7, 11) is 0. The van der Waals surface area contributed by atoms with Gasteiger partial charge < -0.3 is 4.57 Å². The van der Waals surface area contributed by atoms with Crippen LogP contribution in [0.5, 0.6) is 0 Å². The number of rotatable bonds is 3. The number of benzene rings is 2. The van der Waals surface area contributed by atoms with Crippen LogP contribution in [0.2, 0.25) is 0 Å². The molecule has 2 aromatic carbocycles. The molecule has 0 unspecified atom stereocenters. The normalized spacial score (nSPS) is 15.5. The maximum atomic E-state index is 13.2. The summed E-state index contributed by atoms with van der Waals surface area (Å²) in [5.74, 6) is -1.33. The molecule has 1 aliphatic rings. The van der Waals surface area contributed by atoms with Gasteiger partial charge in [0, 0.05) is 17.1 Å². The molecule has 156 valence electrons. The lowest BCUT2D eigenvalue weighted by Gasteiger charge is -2.27. The number of hydrogen-bond acceptors (Lipinski definition) is 3. The van der Waals surface area contributed by atoms with Crippen molar-refractivity contribution in [2.45, 2.75) is 27.7 Å². The van der Waals surface area contributed by atoms with Gasteiger partial charge in [0.15, 0.2) is 0 Å². The largest absolute Gasteiger partial charge is 0.335 e. The van der Waals surface area contributed by atoms with Gasteiger partial charge in [-0.1, -0.05) is 24.3 Å². The number of barbiturate groups is 1. The number of para-hydroxylation sites is 1. The number of aryl methyl sites for hydroxylation is 3. The Morgan fingerprint density at radius 2 is 1.45 bits per heavy atom. The number of anilines is 1. The van der Waals surface area contributed by atoms with Crippen molar-refractivity contribution in [1.29, 1.82) is 0 Å². The molecule has 1 fully saturated rings. The monoisotopic (exact) mass is 413 g/mol. The molecule has 31 heavy (non-hydrogen) atoms. The minimum Gasteiger partial charge on any atom is -0.318 e. The summed E-state index contributed by atoms with van der Waals surface area (Å²) in [5, 5.41) is 2.29. The number of aromatic nitrogens is 1. The number of carbonyl (C=O) groups excluding carboxylic acids is 3. The van der Waals surface area contributed by atoms with Gasteiger partial charge >= 0.3 is 6.03 Å². The van der Waals surface area contributed by atoms with Gasteiger partial charge in [0.1, 0.15) is 5.57 Å². The molecule has 1 aromatic heterocycles. The first-order valence-electron chi connectivity index (χ1n) is 10.0. The number of nitrogens with zero attached hydrogens (tertiary/aromatic N) is 2. The highest BCUT2D eigenvalue weighted by molar-refractivity contribution is 6.39. The number of hydrogen-bond donors (Lipinski definition) is 1. The molecule has 2 heterocycles. The Bertz CT molecular complexity index is 1230. The maximum absolute atomic E-state index is 13.2. The summed E-state index contributed by atoms with van der Waals surface area (Å²) >= 11 is 0. The van der Waals surface area contributed by atoms with Crippen molar-refractivity contribution in [3.63, 3.8) is 0 Å². The number of carbonyl (C=O) groups is 3. The van der Waals surface area contributed by atoms with Gasteiger partial charge in [-0.25, -0.2) is 9.69 Å². The Morgan fingerprint density at radius 3 is 2.10 bits per heavy atom. The standard InChI is InChI=1S/C25H23N3O3/c1-15-10-16(2)12-21(11-15)28-24(30)22(23(29)26-25(28)31)14-19-13-17(3)27(18(19)4)20-8-6-5-7-9-20/h5-14H,1-4H3,(H,26,29,31)/b22-14-. The van der Waals surface area contributed by atoms with Crippen molar-refractivity contribution < 1.29 is 14.4 Å². The van der Waals surface area contributed by atoms with Crippen LogP contribution >= 0.6 is 0 Å². The number of nitrogens with one attached hydrogen (secondary N) is 1. The Labute approximate surface area is 180 Å². The summed E-state index contributed by atoms with van der Waals surface area (Å²) in [4.78, 5) is 39.3. The number of amides is 4. The SMILES string of the molecule is Cc1cc(C)cc(N2C(=O)NC(=O)/C(=C/c3cc(C)n(-c4ccccc4)c3C)C2=O)c1. The van der Waals surface area contributed by atoms with E-state index in [0.29, 0.717) is 5.69 Å². The molecule has 0 spiro atoms. The number of imide groups is 2. The lowest BCUT2D eigenvalue weighted by Crippen LogP contribution is -2.54. The van der Waals surface area contributed by atoms with Crippen LogP contribution in [0.15, 0.2) is 60.2 Å². The Kier molecular flexibility index (Phi) is 5.07. The van der Waals surface area contributed by atoms with E-state index in [1.54, 1.807) is 18.2 Å². The molecule has 1 N–H and O–H groups in total. The molecular weight excluding hydrogens is 390 g/mol. The summed E-state index contributed by atoms with van der Waals surface area (Å²) in [5.41, 5.74) is 5.81. The minimum absolute atomic E-state index is 0.0768. The van der Waals surface area contributed by atoms with Crippen molar-refractivity contribution in [3.05, 3.63) is 88.2 Å². The van der Waals surface area contributed by atoms with Crippen LogP contribution in [0.1, 0.15) is 28.1 Å². The Balaban J connectivity index is 1.78. The average molecular weight is 413 g/mol. The van der Waals surface area contributed by atoms with Crippen molar-refractivity contribution >= 4 is 29.6 Å². The third kappa shape index (κ3) is 3.68. The molecule has 4 amide bonds. The molecule has 0 atom stereocenters. The molecule has 6 nitrogen and oxygen atoms in total. The summed E-state index contributed by atoms with van der Waals surface area (Å²) < 4.78 is 2.06. The third-order valence-corrected chi connectivity index (χ3v) is 5.35. The first-order valence-corrected chi connectivity index (χ1v) is 10.0. The van der Waals surface area contributed by atoms with Gasteiger partial charge in [-0.2, -0.15) is 0 Å². The second-order valence-electron chi connectivity index (χ2n) is 7.80. The highest BCUT2D eigenvalue weighted by atomic mass is 16.2. The highest BCUT2D eigenvalue weighted by Crippen LogP contribution is 2.27. The van der Waals surface area contributed by atoms with Gasteiger partial charge in [0.25, 0.3) is 11.8 Å². The lowest BCUT2D eigenvalue weighted by molar-refractivity contribution is -0.122. The van der Waals surface area contributed by atoms with Crippen LogP contribution < -0.4 is 10.2 Å². The predicted molar refractivity (Wildman–Crippen MR) is 120 cm³/mol. The summed E-state index contributed by atoms with van der Waals surface area (Å²) in [6.07, 6.45) is 1.56. The Morgan fingerprint density at radius 1 is 0.806 bits per heavy atom. The minimum atomic E-state index is -0.744. The molecule has 3 aromatic rings. The number of urea groups is 1. The molecular formula is C25H23N3O3. The van der Waals surface area contributed by atoms with Crippen LogP contribution in [-0.2, 0) is 9.59 Å². The molecule has 0 saturated carbocycles. The van der Waals surface area contributed by atoms with E-state index in [1.165, 1.54) is 0 Å². The van der Waals surface area contributed by atoms with Crippen molar-refractivity contribution in [2.24, 2.45) is 0 Å². The van der Waals surface area contributed by atoms with Crippen LogP contribution in [-0.4, -0.2) is 22.4 Å². The summed E-state index contributed by atoms with van der Waals surface area (Å²) in [6.45, 7) is 7.69. The fraction of sp³-hybridized carbons (Fsp3) is 0.160. The zero-order valence-corrected chi connectivity index (χ0v) is 17.9. The quantitative estimate of drug-likeness (QED) is 0.512. The molecule has 4 rings (SSSR count). The van der Waals surface area contributed by atoms with Gasteiger partial charge in [-0.05, 0) is 80.8 Å². The zero-order valence-electron chi connectivity index (χ0n) is 17.9. The van der Waals surface area contributed by atoms with E-state index in [1.807, 2.05) is 70.2 Å². The smallest absolute Gasteiger partial charge is 0.318 e. The van der Waals surface area contributed by atoms with Crippen molar-refractivity contribution in [3.8, 4) is 5.69 Å². The fourth-order valence-electron chi connectivity index (χ4n) is 4.04. The fourth-order valence-corrected chi connectivity index (χ4v) is 4.04. The topological polar surface area (TPSA) is 71.4 Å². The van der Waals surface area contributed by atoms with E-state index < -0.39 is 17.8 Å². The molecule has 0 bridgehead atoms. The maximum Gasteiger partial charge on any atom is 0.335 e. The Hall–Kier alpha value is -3.93. The van der Waals surface area contributed by atoms with Crippen molar-refractivity contribution in [1.82, 2.24) is 9.88 Å². The molecule has 1 aliphatic heterocycles. The van der Waals surface area contributed by atoms with Gasteiger partial charge in [-0.15, -0.1) is 0 Å². The van der Waals surface area contributed by atoms with Gasteiger partial charge in [0.2, 0.25) is 0 Å². The first kappa shape index (κ1) is 20.3. The molecule has 6 heteroatoms. The second kappa shape index (κ2) is 7.72. The lowest BCUT2D eigenvalue weighted by atomic mass is 10.1. The molecule has 0 radical (unpaired) electrons. The first-order chi connectivity index (χ1) is 14.8. The van der Waals surface area contributed by atoms with E-state index in [2.05, 4.69) is 9.88 Å². The average Bonchev–Trinajstić information content (AvgIpc) is 2.98. The molecule has 0 aliphatic carbocycles. The van der Waals surface area contributed by atoms with Crippen molar-refractivity contribution in [2.75, 3.05) is 4.90 Å². The predicted octanol–water partition coefficient (Wildman–Crippen LogP) is 4.38.